The fraction of sp³-hybridized carbons (Fsp3) is 0.243. The molecule has 3 rings (SSSR count). The number of carbonyl (C=O) groups excluding carboxylic acids is 2. The van der Waals surface area contributed by atoms with Gasteiger partial charge in [0.15, 0.2) is 0 Å². The number of esters is 1. The molecule has 3 aromatic rings. The third kappa shape index (κ3) is 11.7. The Hall–Kier alpha value is -5.20. The van der Waals surface area contributed by atoms with E-state index < -0.39 is 11.9 Å². The standard InChI is InChI=1S/C37H36O6/c1-4-32-27-31(11-10-29-14-20-34(21-15-29)41-24-8-6-7-9-28(3)37(39)40)13-19-33(32)18-12-30-16-22-35(23-17-30)42-25-26-43-36(38)5-2/h5,13-17,19-23,27H,2-4,6-9,24-26H2,1H3,(H,39,40)/p-1. The lowest BCUT2D eigenvalue weighted by Crippen LogP contribution is -2.23. The molecule has 0 saturated heterocycles. The van der Waals surface area contributed by atoms with Gasteiger partial charge in [0.25, 0.3) is 0 Å². The molecule has 6 nitrogen and oxygen atoms in total. The molecule has 0 radical (unpaired) electrons. The Balaban J connectivity index is 1.50. The second-order valence-electron chi connectivity index (χ2n) is 9.54. The maximum atomic E-state index is 11.1. The quantitative estimate of drug-likeness (QED) is 0.111. The second-order valence-corrected chi connectivity index (χ2v) is 9.54. The van der Waals surface area contributed by atoms with E-state index in [1.54, 1.807) is 0 Å². The Kier molecular flexibility index (Phi) is 13.2. The predicted octanol–water partition coefficient (Wildman–Crippen LogP) is 5.40. The summed E-state index contributed by atoms with van der Waals surface area (Å²) >= 11 is 0. The molecule has 0 aliphatic rings. The Morgan fingerprint density at radius 2 is 1.35 bits per heavy atom. The number of carboxylic acids is 1. The number of hydrogen-bond acceptors (Lipinski definition) is 6. The van der Waals surface area contributed by atoms with Crippen molar-refractivity contribution < 1.29 is 28.9 Å². The molecule has 6 heteroatoms. The van der Waals surface area contributed by atoms with Crippen molar-refractivity contribution in [3.8, 4) is 35.2 Å². The van der Waals surface area contributed by atoms with E-state index in [2.05, 4.69) is 49.8 Å². The summed E-state index contributed by atoms with van der Waals surface area (Å²) in [6, 6.07) is 21.2. The van der Waals surface area contributed by atoms with Crippen molar-refractivity contribution in [2.45, 2.75) is 39.0 Å². The summed E-state index contributed by atoms with van der Waals surface area (Å²) in [5, 5.41) is 10.7. The highest BCUT2D eigenvalue weighted by atomic mass is 16.6. The highest BCUT2D eigenvalue weighted by Crippen LogP contribution is 2.16. The highest BCUT2D eigenvalue weighted by molar-refractivity contribution is 5.83. The zero-order valence-corrected chi connectivity index (χ0v) is 24.4. The molecule has 0 unspecified atom stereocenters. The molecule has 3 aromatic carbocycles. The van der Waals surface area contributed by atoms with Gasteiger partial charge in [0, 0.05) is 28.3 Å². The van der Waals surface area contributed by atoms with Crippen molar-refractivity contribution in [1.29, 1.82) is 0 Å². The van der Waals surface area contributed by atoms with Crippen LogP contribution in [0.25, 0.3) is 0 Å². The fourth-order valence-electron chi connectivity index (χ4n) is 3.91. The lowest BCUT2D eigenvalue weighted by atomic mass is 10.0. The van der Waals surface area contributed by atoms with Crippen LogP contribution >= 0.6 is 0 Å². The number of benzene rings is 3. The van der Waals surface area contributed by atoms with Gasteiger partial charge in [0.2, 0.25) is 0 Å². The van der Waals surface area contributed by atoms with Crippen LogP contribution in [0.1, 0.15) is 60.4 Å². The predicted molar refractivity (Wildman–Crippen MR) is 165 cm³/mol. The zero-order valence-electron chi connectivity index (χ0n) is 24.4. The zero-order chi connectivity index (χ0) is 30.9. The molecule has 0 atom stereocenters. The highest BCUT2D eigenvalue weighted by Gasteiger charge is 2.01. The summed E-state index contributed by atoms with van der Waals surface area (Å²) in [6.07, 6.45) is 4.84. The fourth-order valence-corrected chi connectivity index (χ4v) is 3.91. The lowest BCUT2D eigenvalue weighted by molar-refractivity contribution is -0.299. The maximum Gasteiger partial charge on any atom is 0.330 e. The minimum atomic E-state index is -1.18. The molecule has 43 heavy (non-hydrogen) atoms. The van der Waals surface area contributed by atoms with Gasteiger partial charge in [0.05, 0.1) is 12.6 Å². The summed E-state index contributed by atoms with van der Waals surface area (Å²) < 4.78 is 16.2. The van der Waals surface area contributed by atoms with Gasteiger partial charge in [0.1, 0.15) is 24.7 Å². The summed E-state index contributed by atoms with van der Waals surface area (Å²) in [5.41, 5.74) is 4.90. The molecule has 0 bridgehead atoms. The van der Waals surface area contributed by atoms with Crippen LogP contribution in [0.5, 0.6) is 11.5 Å². The van der Waals surface area contributed by atoms with Crippen LogP contribution in [-0.2, 0) is 20.7 Å². The number of rotatable bonds is 14. The number of carbonyl (C=O) groups is 2. The minimum absolute atomic E-state index is 0.141. The first-order valence-corrected chi connectivity index (χ1v) is 14.2. The van der Waals surface area contributed by atoms with Crippen molar-refractivity contribution in [2.24, 2.45) is 0 Å². The number of unbranched alkanes of at least 4 members (excludes halogenated alkanes) is 2. The smallest absolute Gasteiger partial charge is 0.330 e. The number of carboxylic acid groups (broad SMARTS) is 1. The molecular weight excluding hydrogens is 540 g/mol. The average molecular weight is 576 g/mol. The minimum Gasteiger partial charge on any atom is -0.545 e. The Morgan fingerprint density at radius 3 is 1.95 bits per heavy atom. The van der Waals surface area contributed by atoms with Crippen LogP contribution in [-0.4, -0.2) is 31.8 Å². The molecular formula is C37H35O6-. The largest absolute Gasteiger partial charge is 0.545 e. The van der Waals surface area contributed by atoms with Gasteiger partial charge in [-0.25, -0.2) is 4.79 Å². The Morgan fingerprint density at radius 1 is 0.767 bits per heavy atom. The molecule has 0 aliphatic heterocycles. The van der Waals surface area contributed by atoms with Gasteiger partial charge in [-0.05, 0) is 110 Å². The van der Waals surface area contributed by atoms with Gasteiger partial charge in [-0.3, -0.25) is 0 Å². The molecule has 0 fully saturated rings. The SMILES string of the molecule is C=CC(=O)OCCOc1ccc(C#Cc2ccc(C#Cc3ccc(OCCCCCC(=C)C(=O)[O-])cc3)cc2CC)cc1. The number of ether oxygens (including phenoxy) is 3. The first kappa shape index (κ1) is 32.3. The summed E-state index contributed by atoms with van der Waals surface area (Å²) in [4.78, 5) is 21.7. The van der Waals surface area contributed by atoms with Crippen molar-refractivity contribution in [1.82, 2.24) is 0 Å². The second kappa shape index (κ2) is 17.6. The van der Waals surface area contributed by atoms with Crippen LogP contribution in [0, 0.1) is 23.7 Å². The Bertz CT molecular complexity index is 1530. The van der Waals surface area contributed by atoms with Crippen LogP contribution in [0.15, 0.2) is 91.5 Å². The van der Waals surface area contributed by atoms with E-state index >= 15 is 0 Å². The Labute approximate surface area is 254 Å². The molecule has 0 N–H and O–H groups in total. The number of aliphatic carboxylic acids is 1. The average Bonchev–Trinajstić information content (AvgIpc) is 3.03. The van der Waals surface area contributed by atoms with E-state index in [-0.39, 0.29) is 18.8 Å². The van der Waals surface area contributed by atoms with Gasteiger partial charge in [-0.15, -0.1) is 0 Å². The van der Waals surface area contributed by atoms with E-state index in [4.69, 9.17) is 14.2 Å². The van der Waals surface area contributed by atoms with E-state index in [9.17, 15) is 14.7 Å². The molecule has 0 aliphatic carbocycles. The van der Waals surface area contributed by atoms with Crippen molar-refractivity contribution in [3.05, 3.63) is 119 Å². The third-order valence-corrected chi connectivity index (χ3v) is 6.33. The molecule has 0 spiro atoms. The molecule has 220 valence electrons. The van der Waals surface area contributed by atoms with E-state index in [1.807, 2.05) is 60.7 Å². The molecule has 0 saturated carbocycles. The van der Waals surface area contributed by atoms with Crippen molar-refractivity contribution >= 4 is 11.9 Å². The van der Waals surface area contributed by atoms with E-state index in [1.165, 1.54) is 0 Å². The van der Waals surface area contributed by atoms with E-state index in [0.29, 0.717) is 18.8 Å². The van der Waals surface area contributed by atoms with Crippen LogP contribution in [0.4, 0.5) is 0 Å². The summed E-state index contributed by atoms with van der Waals surface area (Å²) in [6.45, 7) is 9.91. The number of aryl methyl sites for hydroxylation is 1. The normalized spacial score (nSPS) is 9.88. The first-order valence-electron chi connectivity index (χ1n) is 14.2. The topological polar surface area (TPSA) is 84.9 Å². The monoisotopic (exact) mass is 575 g/mol. The lowest BCUT2D eigenvalue weighted by Gasteiger charge is -2.07. The molecule has 0 heterocycles. The number of hydrogen-bond donors (Lipinski definition) is 0. The molecule has 0 aromatic heterocycles. The van der Waals surface area contributed by atoms with Crippen molar-refractivity contribution in [2.75, 3.05) is 19.8 Å². The van der Waals surface area contributed by atoms with E-state index in [0.717, 1.165) is 65.3 Å². The summed E-state index contributed by atoms with van der Waals surface area (Å²) in [5.74, 6) is 12.7. The summed E-state index contributed by atoms with van der Waals surface area (Å²) in [7, 11) is 0. The third-order valence-electron chi connectivity index (χ3n) is 6.33. The van der Waals surface area contributed by atoms with Crippen LogP contribution in [0.2, 0.25) is 0 Å². The first-order chi connectivity index (χ1) is 20.9. The van der Waals surface area contributed by atoms with Gasteiger partial charge >= 0.3 is 5.97 Å². The van der Waals surface area contributed by atoms with Gasteiger partial charge in [-0.2, -0.15) is 0 Å². The van der Waals surface area contributed by atoms with Gasteiger partial charge < -0.3 is 24.1 Å². The van der Waals surface area contributed by atoms with Crippen LogP contribution < -0.4 is 14.6 Å². The van der Waals surface area contributed by atoms with Gasteiger partial charge in [-0.1, -0.05) is 43.8 Å². The van der Waals surface area contributed by atoms with Crippen LogP contribution in [0.3, 0.4) is 0 Å². The molecule has 0 amide bonds. The maximum absolute atomic E-state index is 11.1. The van der Waals surface area contributed by atoms with Crippen molar-refractivity contribution in [3.63, 3.8) is 0 Å².